The molecule has 0 bridgehead atoms. The van der Waals surface area contributed by atoms with Crippen molar-refractivity contribution in [2.45, 2.75) is 6.54 Å². The molecule has 3 aromatic heterocycles. The molecular formula is C11H9BrN4S. The minimum absolute atomic E-state index is 0.773. The van der Waals surface area contributed by atoms with Crippen LogP contribution in [0.5, 0.6) is 0 Å². The molecule has 17 heavy (non-hydrogen) atoms. The Morgan fingerprint density at radius 2 is 2.29 bits per heavy atom. The van der Waals surface area contributed by atoms with Crippen LogP contribution in [0.1, 0.15) is 4.88 Å². The molecule has 0 aliphatic rings. The summed E-state index contributed by atoms with van der Waals surface area (Å²) in [6.45, 7) is 0.773. The third-order valence-electron chi connectivity index (χ3n) is 2.38. The Labute approximate surface area is 110 Å². The summed E-state index contributed by atoms with van der Waals surface area (Å²) in [4.78, 5) is 5.71. The SMILES string of the molecule is Brc1ccsc1CNc1ccn2nccc2n1. The maximum absolute atomic E-state index is 4.44. The average Bonchev–Trinajstić information content (AvgIpc) is 2.94. The van der Waals surface area contributed by atoms with Gasteiger partial charge in [-0.2, -0.15) is 5.10 Å². The van der Waals surface area contributed by atoms with Crippen molar-refractivity contribution in [3.63, 3.8) is 0 Å². The van der Waals surface area contributed by atoms with Crippen LogP contribution in [0.15, 0.2) is 40.4 Å². The molecule has 0 saturated heterocycles. The molecule has 0 aliphatic heterocycles. The predicted molar refractivity (Wildman–Crippen MR) is 72.3 cm³/mol. The Bertz CT molecular complexity index is 646. The molecule has 0 unspecified atom stereocenters. The van der Waals surface area contributed by atoms with Crippen LogP contribution >= 0.6 is 27.3 Å². The lowest BCUT2D eigenvalue weighted by molar-refractivity contribution is 0.937. The highest BCUT2D eigenvalue weighted by Crippen LogP contribution is 2.23. The molecule has 3 aromatic rings. The minimum Gasteiger partial charge on any atom is -0.365 e. The summed E-state index contributed by atoms with van der Waals surface area (Å²) in [5.74, 6) is 0.860. The van der Waals surface area contributed by atoms with Gasteiger partial charge < -0.3 is 5.32 Å². The highest BCUT2D eigenvalue weighted by atomic mass is 79.9. The Kier molecular flexibility index (Phi) is 2.82. The van der Waals surface area contributed by atoms with Crippen molar-refractivity contribution in [2.75, 3.05) is 5.32 Å². The fourth-order valence-corrected chi connectivity index (χ4v) is 2.97. The fraction of sp³-hybridized carbons (Fsp3) is 0.0909. The monoisotopic (exact) mass is 308 g/mol. The van der Waals surface area contributed by atoms with Gasteiger partial charge in [-0.05, 0) is 33.4 Å². The van der Waals surface area contributed by atoms with Crippen molar-refractivity contribution >= 4 is 38.7 Å². The number of fused-ring (bicyclic) bond motifs is 1. The van der Waals surface area contributed by atoms with E-state index in [2.05, 4.69) is 42.8 Å². The van der Waals surface area contributed by atoms with Crippen LogP contribution < -0.4 is 5.32 Å². The van der Waals surface area contributed by atoms with Crippen molar-refractivity contribution in [1.29, 1.82) is 0 Å². The highest BCUT2D eigenvalue weighted by molar-refractivity contribution is 9.10. The third-order valence-corrected chi connectivity index (χ3v) is 4.31. The zero-order chi connectivity index (χ0) is 11.7. The second-order valence-corrected chi connectivity index (χ2v) is 5.35. The first kappa shape index (κ1) is 10.7. The van der Waals surface area contributed by atoms with E-state index >= 15 is 0 Å². The fourth-order valence-electron chi connectivity index (χ4n) is 1.53. The average molecular weight is 309 g/mol. The number of nitrogens with zero attached hydrogens (tertiary/aromatic N) is 3. The molecule has 6 heteroatoms. The first-order chi connectivity index (χ1) is 8.33. The molecule has 0 radical (unpaired) electrons. The van der Waals surface area contributed by atoms with Gasteiger partial charge in [-0.25, -0.2) is 9.50 Å². The normalized spacial score (nSPS) is 10.9. The Morgan fingerprint density at radius 3 is 3.12 bits per heavy atom. The summed E-state index contributed by atoms with van der Waals surface area (Å²) in [7, 11) is 0. The van der Waals surface area contributed by atoms with Gasteiger partial charge in [-0.1, -0.05) is 0 Å². The van der Waals surface area contributed by atoms with Crippen molar-refractivity contribution in [3.8, 4) is 0 Å². The van der Waals surface area contributed by atoms with Gasteiger partial charge in [0.25, 0.3) is 0 Å². The predicted octanol–water partition coefficient (Wildman–Crippen LogP) is 3.17. The van der Waals surface area contributed by atoms with Crippen molar-refractivity contribution < 1.29 is 0 Å². The molecule has 0 atom stereocenters. The topological polar surface area (TPSA) is 42.2 Å². The van der Waals surface area contributed by atoms with Crippen molar-refractivity contribution in [3.05, 3.63) is 45.3 Å². The number of anilines is 1. The van der Waals surface area contributed by atoms with Gasteiger partial charge in [0.1, 0.15) is 5.82 Å². The van der Waals surface area contributed by atoms with Crippen LogP contribution in [-0.2, 0) is 6.54 Å². The van der Waals surface area contributed by atoms with Gasteiger partial charge in [0.05, 0.1) is 12.7 Å². The number of nitrogens with one attached hydrogen (secondary N) is 1. The van der Waals surface area contributed by atoms with E-state index in [0.717, 1.165) is 22.5 Å². The lowest BCUT2D eigenvalue weighted by atomic mass is 10.4. The van der Waals surface area contributed by atoms with Crippen LogP contribution in [0.25, 0.3) is 5.65 Å². The summed E-state index contributed by atoms with van der Waals surface area (Å²) in [6, 6.07) is 5.85. The Morgan fingerprint density at radius 1 is 1.35 bits per heavy atom. The van der Waals surface area contributed by atoms with E-state index in [0.29, 0.717) is 0 Å². The van der Waals surface area contributed by atoms with Crippen LogP contribution in [0.3, 0.4) is 0 Å². The van der Waals surface area contributed by atoms with Gasteiger partial charge in [-0.3, -0.25) is 0 Å². The van der Waals surface area contributed by atoms with Crippen molar-refractivity contribution in [1.82, 2.24) is 14.6 Å². The maximum Gasteiger partial charge on any atom is 0.157 e. The lowest BCUT2D eigenvalue weighted by Crippen LogP contribution is -2.01. The second-order valence-electron chi connectivity index (χ2n) is 3.49. The number of halogens is 1. The van der Waals surface area contributed by atoms with E-state index in [1.165, 1.54) is 4.88 Å². The summed E-state index contributed by atoms with van der Waals surface area (Å²) in [5, 5.41) is 9.47. The summed E-state index contributed by atoms with van der Waals surface area (Å²) in [5.41, 5.74) is 0.847. The van der Waals surface area contributed by atoms with E-state index in [9.17, 15) is 0 Å². The molecule has 3 heterocycles. The van der Waals surface area contributed by atoms with Gasteiger partial charge >= 0.3 is 0 Å². The molecular weight excluding hydrogens is 300 g/mol. The summed E-state index contributed by atoms with van der Waals surface area (Å²) >= 11 is 5.23. The zero-order valence-corrected chi connectivity index (χ0v) is 11.2. The number of thiophene rings is 1. The number of aromatic nitrogens is 3. The molecule has 86 valence electrons. The van der Waals surface area contributed by atoms with Crippen LogP contribution in [0.2, 0.25) is 0 Å². The van der Waals surface area contributed by atoms with Crippen molar-refractivity contribution in [2.24, 2.45) is 0 Å². The lowest BCUT2D eigenvalue weighted by Gasteiger charge is -2.04. The number of rotatable bonds is 3. The summed E-state index contributed by atoms with van der Waals surface area (Å²) in [6.07, 6.45) is 3.64. The maximum atomic E-state index is 4.44. The molecule has 3 rings (SSSR count). The van der Waals surface area contributed by atoms with Gasteiger partial charge in [-0.15, -0.1) is 11.3 Å². The van der Waals surface area contributed by atoms with E-state index in [1.54, 1.807) is 22.0 Å². The third kappa shape index (κ3) is 2.18. The van der Waals surface area contributed by atoms with Crippen LogP contribution in [-0.4, -0.2) is 14.6 Å². The first-order valence-corrected chi connectivity index (χ1v) is 6.76. The Hall–Kier alpha value is -1.40. The Balaban J connectivity index is 1.78. The highest BCUT2D eigenvalue weighted by Gasteiger charge is 2.02. The largest absolute Gasteiger partial charge is 0.365 e. The van der Waals surface area contributed by atoms with Crippen LogP contribution in [0.4, 0.5) is 5.82 Å². The first-order valence-electron chi connectivity index (χ1n) is 5.09. The smallest absolute Gasteiger partial charge is 0.157 e. The second kappa shape index (κ2) is 4.46. The molecule has 1 N–H and O–H groups in total. The molecule has 0 fully saturated rings. The van der Waals surface area contributed by atoms with Crippen LogP contribution in [0, 0.1) is 0 Å². The molecule has 0 saturated carbocycles. The number of hydrogen-bond donors (Lipinski definition) is 1. The summed E-state index contributed by atoms with van der Waals surface area (Å²) < 4.78 is 2.88. The molecule has 4 nitrogen and oxygen atoms in total. The van der Waals surface area contributed by atoms with E-state index < -0.39 is 0 Å². The van der Waals surface area contributed by atoms with Gasteiger partial charge in [0.2, 0.25) is 0 Å². The van der Waals surface area contributed by atoms with E-state index in [-0.39, 0.29) is 0 Å². The van der Waals surface area contributed by atoms with E-state index in [1.807, 2.05) is 18.3 Å². The standard InChI is InChI=1S/C11H9BrN4S/c12-8-3-6-17-9(8)7-13-10-2-5-16-11(15-10)1-4-14-16/h1-6H,7H2,(H,13,15). The van der Waals surface area contributed by atoms with Gasteiger partial charge in [0.15, 0.2) is 5.65 Å². The quantitative estimate of drug-likeness (QED) is 0.808. The number of hydrogen-bond acceptors (Lipinski definition) is 4. The zero-order valence-electron chi connectivity index (χ0n) is 8.80. The molecule has 0 aromatic carbocycles. The molecule has 0 amide bonds. The van der Waals surface area contributed by atoms with E-state index in [4.69, 9.17) is 0 Å². The minimum atomic E-state index is 0.773. The molecule has 0 spiro atoms. The molecule has 0 aliphatic carbocycles. The van der Waals surface area contributed by atoms with Gasteiger partial charge in [0, 0.05) is 21.6 Å².